The van der Waals surface area contributed by atoms with E-state index in [1.165, 1.54) is 0 Å². The highest BCUT2D eigenvalue weighted by molar-refractivity contribution is 9.09. The summed E-state index contributed by atoms with van der Waals surface area (Å²) in [4.78, 5) is 0. The lowest BCUT2D eigenvalue weighted by molar-refractivity contribution is 0.562. The first-order chi connectivity index (χ1) is 4.74. The Morgan fingerprint density at radius 2 is 2.40 bits per heavy atom. The van der Waals surface area contributed by atoms with Crippen molar-refractivity contribution in [2.45, 2.75) is 6.92 Å². The molecule has 0 saturated carbocycles. The summed E-state index contributed by atoms with van der Waals surface area (Å²) in [5, 5.41) is 1.88. The van der Waals surface area contributed by atoms with Gasteiger partial charge in [-0.2, -0.15) is 0 Å². The Labute approximate surface area is 75.1 Å². The van der Waals surface area contributed by atoms with Crippen LogP contribution in [0.4, 0.5) is 0 Å². The molecule has 2 heteroatoms. The second kappa shape index (κ2) is 3.59. The zero-order chi connectivity index (χ0) is 7.56. The van der Waals surface area contributed by atoms with Gasteiger partial charge >= 0.3 is 0 Å². The molecule has 0 aliphatic heterocycles. The van der Waals surface area contributed by atoms with E-state index in [0.29, 0.717) is 11.8 Å². The normalized spacial score (nSPS) is 32.1. The Hall–Kier alpha value is 0.250. The molecular weight excluding hydrogens is 211 g/mol. The van der Waals surface area contributed by atoms with E-state index in [4.69, 9.17) is 11.6 Å². The first-order valence-corrected chi connectivity index (χ1v) is 4.85. The van der Waals surface area contributed by atoms with Gasteiger partial charge < -0.3 is 0 Å². The molecule has 1 aliphatic rings. The average Bonchev–Trinajstić information content (AvgIpc) is 1.88. The standard InChI is InChI=1S/C8H10BrCl/c1-6-4-8(10)3-2-7(6)5-9/h2-4,6-7H,5H2,1H3. The molecule has 0 saturated heterocycles. The summed E-state index contributed by atoms with van der Waals surface area (Å²) in [5.41, 5.74) is 0. The maximum absolute atomic E-state index is 5.79. The molecule has 1 rings (SSSR count). The number of hydrogen-bond donors (Lipinski definition) is 0. The van der Waals surface area contributed by atoms with Gasteiger partial charge in [-0.1, -0.05) is 46.6 Å². The van der Waals surface area contributed by atoms with Crippen LogP contribution in [0.3, 0.4) is 0 Å². The predicted molar refractivity (Wildman–Crippen MR) is 49.5 cm³/mol. The van der Waals surface area contributed by atoms with Gasteiger partial charge in [0.15, 0.2) is 0 Å². The van der Waals surface area contributed by atoms with Crippen molar-refractivity contribution in [2.75, 3.05) is 5.33 Å². The van der Waals surface area contributed by atoms with E-state index in [-0.39, 0.29) is 0 Å². The number of alkyl halides is 1. The van der Waals surface area contributed by atoms with Crippen molar-refractivity contribution < 1.29 is 0 Å². The van der Waals surface area contributed by atoms with Crippen LogP contribution in [-0.2, 0) is 0 Å². The van der Waals surface area contributed by atoms with Gasteiger partial charge in [-0.25, -0.2) is 0 Å². The van der Waals surface area contributed by atoms with Crippen LogP contribution in [0.2, 0.25) is 0 Å². The largest absolute Gasteiger partial charge is 0.0921 e. The first kappa shape index (κ1) is 8.35. The molecule has 10 heavy (non-hydrogen) atoms. The van der Waals surface area contributed by atoms with Crippen molar-refractivity contribution in [3.05, 3.63) is 23.3 Å². The van der Waals surface area contributed by atoms with Gasteiger partial charge in [-0.3, -0.25) is 0 Å². The topological polar surface area (TPSA) is 0 Å². The van der Waals surface area contributed by atoms with E-state index in [9.17, 15) is 0 Å². The molecule has 0 aromatic carbocycles. The van der Waals surface area contributed by atoms with Gasteiger partial charge in [-0.15, -0.1) is 0 Å². The van der Waals surface area contributed by atoms with Gasteiger partial charge in [0.05, 0.1) is 0 Å². The number of rotatable bonds is 1. The molecule has 0 aromatic heterocycles. The Balaban J connectivity index is 2.64. The quantitative estimate of drug-likeness (QED) is 0.596. The summed E-state index contributed by atoms with van der Waals surface area (Å²) in [6, 6.07) is 0. The Morgan fingerprint density at radius 3 is 2.90 bits per heavy atom. The third kappa shape index (κ3) is 1.86. The van der Waals surface area contributed by atoms with Gasteiger partial charge in [-0.05, 0) is 17.9 Å². The van der Waals surface area contributed by atoms with Crippen LogP contribution in [-0.4, -0.2) is 5.33 Å². The van der Waals surface area contributed by atoms with Crippen LogP contribution in [0, 0.1) is 11.8 Å². The predicted octanol–water partition coefficient (Wildman–Crippen LogP) is 3.33. The molecule has 2 atom stereocenters. The van der Waals surface area contributed by atoms with Crippen LogP contribution in [0.5, 0.6) is 0 Å². The highest BCUT2D eigenvalue weighted by Crippen LogP contribution is 2.25. The lowest BCUT2D eigenvalue weighted by Gasteiger charge is -2.18. The molecule has 2 unspecified atom stereocenters. The summed E-state index contributed by atoms with van der Waals surface area (Å²) in [6.07, 6.45) is 6.21. The molecule has 0 nitrogen and oxygen atoms in total. The zero-order valence-electron chi connectivity index (χ0n) is 5.85. The molecule has 0 radical (unpaired) electrons. The molecule has 0 bridgehead atoms. The van der Waals surface area contributed by atoms with E-state index < -0.39 is 0 Å². The third-order valence-corrected chi connectivity index (χ3v) is 2.78. The molecule has 0 heterocycles. The van der Waals surface area contributed by atoms with Gasteiger partial charge in [0.2, 0.25) is 0 Å². The number of allylic oxidation sites excluding steroid dienone is 4. The lowest BCUT2D eigenvalue weighted by atomic mass is 9.92. The highest BCUT2D eigenvalue weighted by atomic mass is 79.9. The van der Waals surface area contributed by atoms with E-state index in [1.54, 1.807) is 0 Å². The van der Waals surface area contributed by atoms with Crippen LogP contribution in [0.25, 0.3) is 0 Å². The van der Waals surface area contributed by atoms with Gasteiger partial charge in [0.25, 0.3) is 0 Å². The number of hydrogen-bond acceptors (Lipinski definition) is 0. The molecule has 0 aromatic rings. The van der Waals surface area contributed by atoms with E-state index in [0.717, 1.165) is 10.4 Å². The van der Waals surface area contributed by atoms with Crippen LogP contribution < -0.4 is 0 Å². The van der Waals surface area contributed by atoms with E-state index in [1.807, 2.05) is 6.08 Å². The second-order valence-electron chi connectivity index (χ2n) is 2.59. The van der Waals surface area contributed by atoms with Gasteiger partial charge in [0, 0.05) is 10.4 Å². The Bertz CT molecular complexity index is 172. The average molecular weight is 222 g/mol. The third-order valence-electron chi connectivity index (χ3n) is 1.78. The summed E-state index contributed by atoms with van der Waals surface area (Å²) in [6.45, 7) is 2.18. The fourth-order valence-corrected chi connectivity index (χ4v) is 2.09. The minimum atomic E-state index is 0.567. The van der Waals surface area contributed by atoms with Crippen molar-refractivity contribution in [3.63, 3.8) is 0 Å². The lowest BCUT2D eigenvalue weighted by Crippen LogP contribution is -2.10. The Morgan fingerprint density at radius 1 is 1.70 bits per heavy atom. The number of halogens is 2. The molecule has 0 amide bonds. The molecular formula is C8H10BrCl. The maximum Gasteiger partial charge on any atom is 0.0365 e. The molecule has 56 valence electrons. The maximum atomic E-state index is 5.79. The summed E-state index contributed by atoms with van der Waals surface area (Å²) in [5.74, 6) is 1.18. The first-order valence-electron chi connectivity index (χ1n) is 3.35. The van der Waals surface area contributed by atoms with E-state index >= 15 is 0 Å². The highest BCUT2D eigenvalue weighted by Gasteiger charge is 2.13. The van der Waals surface area contributed by atoms with Crippen LogP contribution >= 0.6 is 27.5 Å². The van der Waals surface area contributed by atoms with Crippen molar-refractivity contribution >= 4 is 27.5 Å². The van der Waals surface area contributed by atoms with Crippen molar-refractivity contribution in [1.29, 1.82) is 0 Å². The summed E-state index contributed by atoms with van der Waals surface area (Å²) >= 11 is 9.24. The minimum absolute atomic E-state index is 0.567. The van der Waals surface area contributed by atoms with Gasteiger partial charge in [0.1, 0.15) is 0 Å². The van der Waals surface area contributed by atoms with Crippen LogP contribution in [0.15, 0.2) is 23.3 Å². The monoisotopic (exact) mass is 220 g/mol. The minimum Gasteiger partial charge on any atom is -0.0921 e. The second-order valence-corrected chi connectivity index (χ2v) is 3.67. The smallest absolute Gasteiger partial charge is 0.0365 e. The molecule has 0 fully saturated rings. The summed E-state index contributed by atoms with van der Waals surface area (Å²) < 4.78 is 0. The van der Waals surface area contributed by atoms with E-state index in [2.05, 4.69) is 35.0 Å². The SMILES string of the molecule is CC1C=C(Cl)C=CC1CBr. The fraction of sp³-hybridized carbons (Fsp3) is 0.500. The van der Waals surface area contributed by atoms with Crippen molar-refractivity contribution in [1.82, 2.24) is 0 Å². The Kier molecular flexibility index (Phi) is 2.99. The molecule has 0 N–H and O–H groups in total. The fourth-order valence-electron chi connectivity index (χ4n) is 1.01. The zero-order valence-corrected chi connectivity index (χ0v) is 8.19. The molecule has 1 aliphatic carbocycles. The molecule has 0 spiro atoms. The van der Waals surface area contributed by atoms with Crippen molar-refractivity contribution in [2.24, 2.45) is 11.8 Å². The van der Waals surface area contributed by atoms with Crippen molar-refractivity contribution in [3.8, 4) is 0 Å². The summed E-state index contributed by atoms with van der Waals surface area (Å²) in [7, 11) is 0. The van der Waals surface area contributed by atoms with Crippen LogP contribution in [0.1, 0.15) is 6.92 Å².